The third-order valence-electron chi connectivity index (χ3n) is 3.88. The Labute approximate surface area is 149 Å². The average molecular weight is 352 g/mol. The topological polar surface area (TPSA) is 40.7 Å². The van der Waals surface area contributed by atoms with Crippen LogP contribution in [0, 0.1) is 13.8 Å². The van der Waals surface area contributed by atoms with Crippen LogP contribution in [0.15, 0.2) is 42.7 Å². The lowest BCUT2D eigenvalue weighted by Crippen LogP contribution is -2.16. The molecular weight excluding hydrogens is 329 g/mol. The Morgan fingerprint density at radius 2 is 1.96 bits per heavy atom. The number of rotatable bonds is 5. The third kappa shape index (κ3) is 4.71. The maximum Gasteiger partial charge on any atom is 0.0459 e. The van der Waals surface area contributed by atoms with Crippen LogP contribution in [0.1, 0.15) is 22.4 Å². The molecule has 0 saturated heterocycles. The molecular formula is C18H23Cl2N3. The van der Waals surface area contributed by atoms with Crippen LogP contribution in [0.2, 0.25) is 0 Å². The zero-order chi connectivity index (χ0) is 14.7. The molecule has 0 bridgehead atoms. The van der Waals surface area contributed by atoms with Gasteiger partial charge >= 0.3 is 0 Å². The monoisotopic (exact) mass is 351 g/mol. The Morgan fingerprint density at radius 3 is 2.70 bits per heavy atom. The summed E-state index contributed by atoms with van der Waals surface area (Å²) >= 11 is 0. The van der Waals surface area contributed by atoms with Crippen molar-refractivity contribution in [1.82, 2.24) is 15.3 Å². The van der Waals surface area contributed by atoms with Gasteiger partial charge in [0.05, 0.1) is 0 Å². The summed E-state index contributed by atoms with van der Waals surface area (Å²) < 4.78 is 0. The molecule has 3 aromatic rings. The highest BCUT2D eigenvalue weighted by Crippen LogP contribution is 2.23. The molecule has 0 saturated carbocycles. The van der Waals surface area contributed by atoms with Crippen LogP contribution in [-0.4, -0.2) is 16.5 Å². The number of aromatic nitrogens is 2. The van der Waals surface area contributed by atoms with E-state index in [1.165, 1.54) is 33.3 Å². The molecule has 0 amide bonds. The molecule has 0 radical (unpaired) electrons. The SMILES string of the molecule is Cc1ccc2[nH]c(C)c(CCNCc3cccnc3)c2c1.Cl.Cl. The minimum Gasteiger partial charge on any atom is -0.358 e. The number of hydrogen-bond acceptors (Lipinski definition) is 2. The van der Waals surface area contributed by atoms with Crippen molar-refractivity contribution in [2.24, 2.45) is 0 Å². The molecule has 124 valence electrons. The largest absolute Gasteiger partial charge is 0.358 e. The van der Waals surface area contributed by atoms with Gasteiger partial charge in [0, 0.05) is 35.5 Å². The fraction of sp³-hybridized carbons (Fsp3) is 0.278. The Balaban J connectivity index is 0.00000132. The van der Waals surface area contributed by atoms with Gasteiger partial charge in [0.25, 0.3) is 0 Å². The van der Waals surface area contributed by atoms with Crippen LogP contribution in [0.4, 0.5) is 0 Å². The third-order valence-corrected chi connectivity index (χ3v) is 3.88. The first-order chi connectivity index (χ1) is 10.2. The molecule has 23 heavy (non-hydrogen) atoms. The maximum absolute atomic E-state index is 4.13. The summed E-state index contributed by atoms with van der Waals surface area (Å²) in [7, 11) is 0. The van der Waals surface area contributed by atoms with Crippen molar-refractivity contribution in [3.63, 3.8) is 0 Å². The predicted molar refractivity (Wildman–Crippen MR) is 102 cm³/mol. The molecule has 0 fully saturated rings. The van der Waals surface area contributed by atoms with Crippen LogP contribution in [0.5, 0.6) is 0 Å². The fourth-order valence-electron chi connectivity index (χ4n) is 2.77. The van der Waals surface area contributed by atoms with Gasteiger partial charge in [-0.3, -0.25) is 4.98 Å². The van der Waals surface area contributed by atoms with Crippen LogP contribution < -0.4 is 5.32 Å². The highest BCUT2D eigenvalue weighted by atomic mass is 35.5. The maximum atomic E-state index is 4.13. The van der Waals surface area contributed by atoms with E-state index in [1.54, 1.807) is 6.20 Å². The molecule has 0 aliphatic heterocycles. The highest BCUT2D eigenvalue weighted by Gasteiger charge is 2.08. The van der Waals surface area contributed by atoms with Crippen molar-refractivity contribution in [3.05, 3.63) is 65.1 Å². The summed E-state index contributed by atoms with van der Waals surface area (Å²) in [6.45, 7) is 6.14. The van der Waals surface area contributed by atoms with E-state index in [0.717, 1.165) is 19.5 Å². The molecule has 5 heteroatoms. The van der Waals surface area contributed by atoms with Crippen LogP contribution in [0.3, 0.4) is 0 Å². The van der Waals surface area contributed by atoms with Crippen molar-refractivity contribution in [2.75, 3.05) is 6.54 Å². The van der Waals surface area contributed by atoms with E-state index in [9.17, 15) is 0 Å². The molecule has 2 aromatic heterocycles. The molecule has 0 aliphatic carbocycles. The quantitative estimate of drug-likeness (QED) is 0.670. The number of nitrogens with one attached hydrogen (secondary N) is 2. The summed E-state index contributed by atoms with van der Waals surface area (Å²) in [5.41, 5.74) is 6.47. The fourth-order valence-corrected chi connectivity index (χ4v) is 2.77. The molecule has 3 nitrogen and oxygen atoms in total. The number of aromatic amines is 1. The lowest BCUT2D eigenvalue weighted by molar-refractivity contribution is 0.685. The number of benzene rings is 1. The highest BCUT2D eigenvalue weighted by molar-refractivity contribution is 5.86. The normalized spacial score (nSPS) is 10.2. The molecule has 1 aromatic carbocycles. The van der Waals surface area contributed by atoms with Crippen LogP contribution in [-0.2, 0) is 13.0 Å². The summed E-state index contributed by atoms with van der Waals surface area (Å²) in [5, 5.41) is 4.85. The van der Waals surface area contributed by atoms with Gasteiger partial charge in [0.1, 0.15) is 0 Å². The number of halogens is 2. The molecule has 0 aliphatic rings. The molecule has 2 N–H and O–H groups in total. The standard InChI is InChI=1S/C18H21N3.2ClH/c1-13-5-6-18-17(10-13)16(14(2)21-18)7-9-20-12-15-4-3-8-19-11-15;;/h3-6,8,10-11,20-21H,7,9,12H2,1-2H3;2*1H. The van der Waals surface area contributed by atoms with Gasteiger partial charge in [-0.2, -0.15) is 0 Å². The molecule has 0 spiro atoms. The first kappa shape index (κ1) is 19.5. The van der Waals surface area contributed by atoms with E-state index >= 15 is 0 Å². The second-order valence-electron chi connectivity index (χ2n) is 5.57. The van der Waals surface area contributed by atoms with Gasteiger partial charge in [-0.1, -0.05) is 17.7 Å². The Kier molecular flexibility index (Phi) is 7.56. The number of nitrogens with zero attached hydrogens (tertiary/aromatic N) is 1. The Morgan fingerprint density at radius 1 is 1.13 bits per heavy atom. The molecule has 3 rings (SSSR count). The van der Waals surface area contributed by atoms with E-state index in [0.29, 0.717) is 0 Å². The second kappa shape index (κ2) is 8.92. The summed E-state index contributed by atoms with van der Waals surface area (Å²) in [6, 6.07) is 10.7. The van der Waals surface area contributed by atoms with Crippen molar-refractivity contribution in [2.45, 2.75) is 26.8 Å². The van der Waals surface area contributed by atoms with Crippen LogP contribution >= 0.6 is 24.8 Å². The van der Waals surface area contributed by atoms with Gasteiger partial charge in [-0.25, -0.2) is 0 Å². The zero-order valence-corrected chi connectivity index (χ0v) is 15.1. The van der Waals surface area contributed by atoms with Crippen molar-refractivity contribution in [1.29, 1.82) is 0 Å². The van der Waals surface area contributed by atoms with Crippen molar-refractivity contribution < 1.29 is 0 Å². The van der Waals surface area contributed by atoms with Gasteiger partial charge in [-0.05, 0) is 56.1 Å². The van der Waals surface area contributed by atoms with Gasteiger partial charge < -0.3 is 10.3 Å². The van der Waals surface area contributed by atoms with E-state index < -0.39 is 0 Å². The Hall–Kier alpha value is -1.55. The lowest BCUT2D eigenvalue weighted by Gasteiger charge is -2.05. The zero-order valence-electron chi connectivity index (χ0n) is 13.4. The number of aryl methyl sites for hydroxylation is 2. The summed E-state index contributed by atoms with van der Waals surface area (Å²) in [4.78, 5) is 7.61. The minimum absolute atomic E-state index is 0. The first-order valence-corrected chi connectivity index (χ1v) is 7.41. The molecule has 0 atom stereocenters. The average Bonchev–Trinajstić information content (AvgIpc) is 2.80. The number of pyridine rings is 1. The van der Waals surface area contributed by atoms with Gasteiger partial charge in [0.15, 0.2) is 0 Å². The summed E-state index contributed by atoms with van der Waals surface area (Å²) in [6.07, 6.45) is 4.75. The van der Waals surface area contributed by atoms with E-state index in [-0.39, 0.29) is 24.8 Å². The number of fused-ring (bicyclic) bond motifs is 1. The Bertz CT molecular complexity index is 739. The van der Waals surface area contributed by atoms with E-state index in [4.69, 9.17) is 0 Å². The molecule has 0 unspecified atom stereocenters. The molecule has 2 heterocycles. The summed E-state index contributed by atoms with van der Waals surface area (Å²) in [5.74, 6) is 0. The second-order valence-corrected chi connectivity index (χ2v) is 5.57. The van der Waals surface area contributed by atoms with E-state index in [1.807, 2.05) is 12.3 Å². The number of H-pyrrole nitrogens is 1. The van der Waals surface area contributed by atoms with E-state index in [2.05, 4.69) is 53.4 Å². The van der Waals surface area contributed by atoms with Crippen LogP contribution in [0.25, 0.3) is 10.9 Å². The minimum atomic E-state index is 0. The van der Waals surface area contributed by atoms with Gasteiger partial charge in [-0.15, -0.1) is 24.8 Å². The number of hydrogen-bond donors (Lipinski definition) is 2. The van der Waals surface area contributed by atoms with Gasteiger partial charge in [0.2, 0.25) is 0 Å². The van der Waals surface area contributed by atoms with Crippen molar-refractivity contribution in [3.8, 4) is 0 Å². The smallest absolute Gasteiger partial charge is 0.0459 e. The lowest BCUT2D eigenvalue weighted by atomic mass is 10.1. The van der Waals surface area contributed by atoms with Crippen molar-refractivity contribution >= 4 is 35.7 Å². The first-order valence-electron chi connectivity index (χ1n) is 7.41. The predicted octanol–water partition coefficient (Wildman–Crippen LogP) is 4.36.